The van der Waals surface area contributed by atoms with Crippen molar-refractivity contribution in [3.8, 4) is 0 Å². The van der Waals surface area contributed by atoms with Gasteiger partial charge in [0.05, 0.1) is 0 Å². The first-order valence-corrected chi connectivity index (χ1v) is 6.48. The van der Waals surface area contributed by atoms with Gasteiger partial charge in [0.1, 0.15) is 5.82 Å². The van der Waals surface area contributed by atoms with E-state index in [1.807, 2.05) is 12.1 Å². The highest BCUT2D eigenvalue weighted by Crippen LogP contribution is 2.19. The third-order valence-corrected chi connectivity index (χ3v) is 3.28. The van der Waals surface area contributed by atoms with E-state index in [-0.39, 0.29) is 18.2 Å². The third kappa shape index (κ3) is 4.79. The van der Waals surface area contributed by atoms with Crippen molar-refractivity contribution < 1.29 is 4.39 Å². The number of rotatable bonds is 5. The maximum atomic E-state index is 13.3. The molecule has 1 aromatic carbocycles. The van der Waals surface area contributed by atoms with Gasteiger partial charge in [-0.1, -0.05) is 29.8 Å². The average molecular weight is 270 g/mol. The normalized spacial score (nSPS) is 14.8. The highest BCUT2D eigenvalue weighted by atomic mass is 35.5. The van der Waals surface area contributed by atoms with E-state index in [9.17, 15) is 4.39 Å². The molecule has 0 aromatic heterocycles. The van der Waals surface area contributed by atoms with Gasteiger partial charge >= 0.3 is 0 Å². The van der Waals surface area contributed by atoms with Crippen molar-refractivity contribution in [1.82, 2.24) is 5.32 Å². The fourth-order valence-electron chi connectivity index (χ4n) is 2.25. The van der Waals surface area contributed by atoms with E-state index in [1.165, 1.54) is 31.7 Å². The Morgan fingerprint density at radius 2 is 2.00 bits per heavy atom. The Bertz CT molecular complexity index is 390. The molecule has 1 aliphatic rings. The van der Waals surface area contributed by atoms with Crippen LogP contribution in [0.4, 0.5) is 4.39 Å². The Morgan fingerprint density at radius 1 is 1.17 bits per heavy atom. The zero-order chi connectivity index (χ0) is 11.9. The quantitative estimate of drug-likeness (QED) is 0.623. The first kappa shape index (κ1) is 15.2. The van der Waals surface area contributed by atoms with Crippen LogP contribution in [0.15, 0.2) is 35.9 Å². The van der Waals surface area contributed by atoms with Crippen LogP contribution >= 0.6 is 12.4 Å². The Kier molecular flexibility index (Phi) is 6.99. The summed E-state index contributed by atoms with van der Waals surface area (Å²) < 4.78 is 13.3. The molecule has 0 heterocycles. The zero-order valence-corrected chi connectivity index (χ0v) is 11.4. The van der Waals surface area contributed by atoms with Gasteiger partial charge in [-0.25, -0.2) is 4.39 Å². The summed E-state index contributed by atoms with van der Waals surface area (Å²) in [5.74, 6) is -0.114. The smallest absolute Gasteiger partial charge is 0.127 e. The second kappa shape index (κ2) is 8.28. The summed E-state index contributed by atoms with van der Waals surface area (Å²) in [6.45, 7) is 1.57. The second-order valence-electron chi connectivity index (χ2n) is 4.63. The molecule has 0 bridgehead atoms. The molecule has 2 rings (SSSR count). The predicted molar refractivity (Wildman–Crippen MR) is 76.5 cm³/mol. The van der Waals surface area contributed by atoms with Crippen LogP contribution in [-0.4, -0.2) is 6.54 Å². The summed E-state index contributed by atoms with van der Waals surface area (Å²) in [4.78, 5) is 0. The van der Waals surface area contributed by atoms with Crippen LogP contribution in [-0.2, 0) is 6.54 Å². The van der Waals surface area contributed by atoms with Crippen molar-refractivity contribution in [3.63, 3.8) is 0 Å². The Labute approximate surface area is 115 Å². The minimum absolute atomic E-state index is 0. The largest absolute Gasteiger partial charge is 0.312 e. The summed E-state index contributed by atoms with van der Waals surface area (Å²) >= 11 is 0. The van der Waals surface area contributed by atoms with Crippen molar-refractivity contribution in [1.29, 1.82) is 0 Å². The van der Waals surface area contributed by atoms with Crippen LogP contribution < -0.4 is 5.32 Å². The lowest BCUT2D eigenvalue weighted by molar-refractivity contribution is 0.582. The van der Waals surface area contributed by atoms with Crippen molar-refractivity contribution in [3.05, 3.63) is 47.3 Å². The van der Waals surface area contributed by atoms with Gasteiger partial charge in [0.15, 0.2) is 0 Å². The third-order valence-electron chi connectivity index (χ3n) is 3.28. The highest BCUT2D eigenvalue weighted by molar-refractivity contribution is 5.85. The number of benzene rings is 1. The lowest BCUT2D eigenvalue weighted by Crippen LogP contribution is -2.16. The standard InChI is InChI=1S/C15H20FN.ClH/c16-15-9-5-4-8-14(15)12-17-11-10-13-6-2-1-3-7-13;/h4-6,8-9,17H,1-3,7,10-12H2;1H. The molecule has 1 N–H and O–H groups in total. The molecule has 0 amide bonds. The molecule has 0 saturated heterocycles. The summed E-state index contributed by atoms with van der Waals surface area (Å²) in [6.07, 6.45) is 8.64. The Balaban J connectivity index is 0.00000162. The molecule has 0 atom stereocenters. The first-order valence-electron chi connectivity index (χ1n) is 6.48. The van der Waals surface area contributed by atoms with Crippen LogP contribution in [0.25, 0.3) is 0 Å². The van der Waals surface area contributed by atoms with Crippen LogP contribution in [0.5, 0.6) is 0 Å². The second-order valence-corrected chi connectivity index (χ2v) is 4.63. The molecule has 0 saturated carbocycles. The van der Waals surface area contributed by atoms with E-state index in [0.29, 0.717) is 6.54 Å². The average Bonchev–Trinajstić information content (AvgIpc) is 2.38. The van der Waals surface area contributed by atoms with E-state index in [2.05, 4.69) is 11.4 Å². The maximum Gasteiger partial charge on any atom is 0.127 e. The van der Waals surface area contributed by atoms with Crippen molar-refractivity contribution in [2.24, 2.45) is 0 Å². The number of nitrogens with one attached hydrogen (secondary N) is 1. The van der Waals surface area contributed by atoms with Crippen LogP contribution in [0, 0.1) is 5.82 Å². The number of hydrogen-bond donors (Lipinski definition) is 1. The number of halogens is 2. The Morgan fingerprint density at radius 3 is 2.72 bits per heavy atom. The SMILES string of the molecule is Cl.Fc1ccccc1CNCCC1=CCCCC1. The van der Waals surface area contributed by atoms with Gasteiger partial charge in [-0.15, -0.1) is 12.4 Å². The van der Waals surface area contributed by atoms with Gasteiger partial charge in [0.2, 0.25) is 0 Å². The molecule has 0 unspecified atom stereocenters. The van der Waals surface area contributed by atoms with Crippen molar-refractivity contribution in [2.45, 2.75) is 38.6 Å². The summed E-state index contributed by atoms with van der Waals surface area (Å²) in [6, 6.07) is 6.96. The fourth-order valence-corrected chi connectivity index (χ4v) is 2.25. The molecular weight excluding hydrogens is 249 g/mol. The highest BCUT2D eigenvalue weighted by Gasteiger charge is 2.03. The molecule has 100 valence electrons. The summed E-state index contributed by atoms with van der Waals surface area (Å²) in [5, 5.41) is 3.31. The minimum atomic E-state index is -0.114. The monoisotopic (exact) mass is 269 g/mol. The molecule has 0 radical (unpaired) electrons. The van der Waals surface area contributed by atoms with E-state index in [1.54, 1.807) is 11.6 Å². The Hall–Kier alpha value is -0.860. The van der Waals surface area contributed by atoms with Gasteiger partial charge in [-0.3, -0.25) is 0 Å². The van der Waals surface area contributed by atoms with Gasteiger partial charge in [-0.2, -0.15) is 0 Å². The van der Waals surface area contributed by atoms with Crippen LogP contribution in [0.1, 0.15) is 37.7 Å². The maximum absolute atomic E-state index is 13.3. The molecule has 1 nitrogen and oxygen atoms in total. The minimum Gasteiger partial charge on any atom is -0.312 e. The van der Waals surface area contributed by atoms with E-state index < -0.39 is 0 Å². The molecule has 0 aliphatic heterocycles. The predicted octanol–water partition coefficient (Wildman–Crippen LogP) is 4.23. The van der Waals surface area contributed by atoms with Crippen molar-refractivity contribution >= 4 is 12.4 Å². The van der Waals surface area contributed by atoms with Gasteiger partial charge in [-0.05, 0) is 44.7 Å². The van der Waals surface area contributed by atoms with E-state index in [4.69, 9.17) is 0 Å². The molecular formula is C15H21ClFN. The molecule has 18 heavy (non-hydrogen) atoms. The van der Waals surface area contributed by atoms with Crippen LogP contribution in [0.2, 0.25) is 0 Å². The molecule has 1 aromatic rings. The molecule has 1 aliphatic carbocycles. The van der Waals surface area contributed by atoms with Gasteiger partial charge in [0.25, 0.3) is 0 Å². The molecule has 0 fully saturated rings. The first-order chi connectivity index (χ1) is 8.36. The van der Waals surface area contributed by atoms with E-state index in [0.717, 1.165) is 18.5 Å². The van der Waals surface area contributed by atoms with Crippen LogP contribution in [0.3, 0.4) is 0 Å². The van der Waals surface area contributed by atoms with Gasteiger partial charge < -0.3 is 5.32 Å². The molecule has 3 heteroatoms. The zero-order valence-electron chi connectivity index (χ0n) is 10.6. The molecule has 0 spiro atoms. The summed E-state index contributed by atoms with van der Waals surface area (Å²) in [5.41, 5.74) is 2.32. The van der Waals surface area contributed by atoms with Gasteiger partial charge in [0, 0.05) is 12.1 Å². The number of hydrogen-bond acceptors (Lipinski definition) is 1. The fraction of sp³-hybridized carbons (Fsp3) is 0.467. The topological polar surface area (TPSA) is 12.0 Å². The lowest BCUT2D eigenvalue weighted by atomic mass is 9.97. The van der Waals surface area contributed by atoms with Crippen molar-refractivity contribution in [2.75, 3.05) is 6.54 Å². The number of allylic oxidation sites excluding steroid dienone is 1. The summed E-state index contributed by atoms with van der Waals surface area (Å²) in [7, 11) is 0. The lowest BCUT2D eigenvalue weighted by Gasteiger charge is -2.13. The van der Waals surface area contributed by atoms with E-state index >= 15 is 0 Å².